The number of rotatable bonds is 5. The molecule has 0 saturated carbocycles. The third-order valence-corrected chi connectivity index (χ3v) is 5.57. The second-order valence-corrected chi connectivity index (χ2v) is 8.19. The molecule has 0 fully saturated rings. The first-order valence-corrected chi connectivity index (χ1v) is 10.8. The van der Waals surface area contributed by atoms with Gasteiger partial charge in [0, 0.05) is 17.3 Å². The van der Waals surface area contributed by atoms with Crippen molar-refractivity contribution in [2.45, 2.75) is 18.7 Å². The van der Waals surface area contributed by atoms with Gasteiger partial charge in [-0.3, -0.25) is 4.72 Å². The number of ether oxygens (including phenoxy) is 1. The van der Waals surface area contributed by atoms with E-state index >= 15 is 0 Å². The van der Waals surface area contributed by atoms with E-state index in [1.165, 1.54) is 30.5 Å². The Kier molecular flexibility index (Phi) is 6.58. The van der Waals surface area contributed by atoms with E-state index in [0.717, 1.165) is 0 Å². The van der Waals surface area contributed by atoms with Gasteiger partial charge in [-0.1, -0.05) is 24.0 Å². The lowest BCUT2D eigenvalue weighted by Crippen LogP contribution is -2.14. The molecule has 3 rings (SSSR count). The summed E-state index contributed by atoms with van der Waals surface area (Å²) in [5.41, 5.74) is 1.68. The maximum atomic E-state index is 12.7. The number of sulfonamides is 1. The van der Waals surface area contributed by atoms with E-state index in [-0.39, 0.29) is 28.6 Å². The minimum absolute atomic E-state index is 0.0462. The number of hydrogen-bond acceptors (Lipinski definition) is 6. The van der Waals surface area contributed by atoms with Crippen LogP contribution < -0.4 is 4.72 Å². The van der Waals surface area contributed by atoms with Crippen molar-refractivity contribution in [3.63, 3.8) is 0 Å². The summed E-state index contributed by atoms with van der Waals surface area (Å²) < 4.78 is 32.8. The summed E-state index contributed by atoms with van der Waals surface area (Å²) in [6.45, 7) is 3.64. The molecule has 0 atom stereocenters. The summed E-state index contributed by atoms with van der Waals surface area (Å²) in [6.07, 6.45) is 1.51. The molecule has 0 bridgehead atoms. The molecule has 7 nitrogen and oxygen atoms in total. The Morgan fingerprint density at radius 2 is 1.84 bits per heavy atom. The monoisotopic (exact) mass is 436 g/mol. The number of phenols is 1. The molecular formula is C23H20N2O5S. The first kappa shape index (κ1) is 21.9. The molecule has 0 spiro atoms. The lowest BCUT2D eigenvalue weighted by molar-refractivity contribution is 0.0523. The molecule has 158 valence electrons. The summed E-state index contributed by atoms with van der Waals surface area (Å²) in [7, 11) is -3.84. The quantitative estimate of drug-likeness (QED) is 0.469. The van der Waals surface area contributed by atoms with Gasteiger partial charge >= 0.3 is 5.97 Å². The fourth-order valence-corrected chi connectivity index (χ4v) is 3.78. The zero-order valence-corrected chi connectivity index (χ0v) is 17.7. The van der Waals surface area contributed by atoms with E-state index in [2.05, 4.69) is 21.5 Å². The summed E-state index contributed by atoms with van der Waals surface area (Å²) in [5, 5.41) is 10.0. The van der Waals surface area contributed by atoms with E-state index in [9.17, 15) is 18.3 Å². The van der Waals surface area contributed by atoms with Crippen LogP contribution in [0.1, 0.15) is 34.0 Å². The van der Waals surface area contributed by atoms with Gasteiger partial charge < -0.3 is 9.84 Å². The SMILES string of the molecule is CCOC(=O)c1ccc(C#Cc2cccc(S(=O)(=O)Nc3ncccc3C)c2)cc1O. The molecule has 0 radical (unpaired) electrons. The summed E-state index contributed by atoms with van der Waals surface area (Å²) >= 11 is 0. The van der Waals surface area contributed by atoms with Crippen molar-refractivity contribution in [3.8, 4) is 17.6 Å². The van der Waals surface area contributed by atoms with Gasteiger partial charge in [-0.2, -0.15) is 0 Å². The van der Waals surface area contributed by atoms with Crippen molar-refractivity contribution in [1.29, 1.82) is 0 Å². The predicted octanol–water partition coefficient (Wildman–Crippen LogP) is 3.47. The Morgan fingerprint density at radius 1 is 1.10 bits per heavy atom. The minimum Gasteiger partial charge on any atom is -0.507 e. The first-order valence-electron chi connectivity index (χ1n) is 9.37. The summed E-state index contributed by atoms with van der Waals surface area (Å²) in [5.74, 6) is 5.12. The molecule has 3 aromatic rings. The van der Waals surface area contributed by atoms with Crippen LogP contribution in [0.4, 0.5) is 5.82 Å². The molecule has 0 unspecified atom stereocenters. The topological polar surface area (TPSA) is 106 Å². The van der Waals surface area contributed by atoms with Gasteiger partial charge in [0.05, 0.1) is 11.5 Å². The average molecular weight is 436 g/mol. The van der Waals surface area contributed by atoms with Crippen molar-refractivity contribution in [1.82, 2.24) is 4.98 Å². The molecule has 2 N–H and O–H groups in total. The first-order chi connectivity index (χ1) is 14.8. The third-order valence-electron chi connectivity index (χ3n) is 4.23. The third kappa shape index (κ3) is 5.41. The zero-order valence-electron chi connectivity index (χ0n) is 16.9. The van der Waals surface area contributed by atoms with Crippen LogP contribution in [0.25, 0.3) is 0 Å². The summed E-state index contributed by atoms with van der Waals surface area (Å²) in [6, 6.07) is 14.0. The van der Waals surface area contributed by atoms with Crippen LogP contribution in [0, 0.1) is 18.8 Å². The number of nitrogens with one attached hydrogen (secondary N) is 1. The van der Waals surface area contributed by atoms with Crippen molar-refractivity contribution in [2.75, 3.05) is 11.3 Å². The number of pyridine rings is 1. The second kappa shape index (κ2) is 9.32. The van der Waals surface area contributed by atoms with Gasteiger partial charge in [0.25, 0.3) is 10.0 Å². The van der Waals surface area contributed by atoms with Crippen LogP contribution >= 0.6 is 0 Å². The highest BCUT2D eigenvalue weighted by Gasteiger charge is 2.16. The molecule has 0 aliphatic carbocycles. The number of hydrogen-bond donors (Lipinski definition) is 2. The fourth-order valence-electron chi connectivity index (χ4n) is 2.65. The van der Waals surface area contributed by atoms with Gasteiger partial charge in [-0.25, -0.2) is 18.2 Å². The van der Waals surface area contributed by atoms with E-state index in [1.54, 1.807) is 44.2 Å². The highest BCUT2D eigenvalue weighted by Crippen LogP contribution is 2.20. The average Bonchev–Trinajstić information content (AvgIpc) is 2.74. The standard InChI is InChI=1S/C23H20N2O5S/c1-3-30-23(27)20-12-11-18(15-21(20)26)10-9-17-7-4-8-19(14-17)31(28,29)25-22-16(2)6-5-13-24-22/h4-8,11-15,26H,3H2,1-2H3,(H,24,25). The number of carbonyl (C=O) groups excluding carboxylic acids is 1. The zero-order chi connectivity index (χ0) is 22.4. The number of benzene rings is 2. The molecule has 0 amide bonds. The van der Waals surface area contributed by atoms with Crippen LogP contribution in [0.5, 0.6) is 5.75 Å². The van der Waals surface area contributed by atoms with Gasteiger partial charge in [-0.05, 0) is 61.9 Å². The summed E-state index contributed by atoms with van der Waals surface area (Å²) in [4.78, 5) is 15.9. The van der Waals surface area contributed by atoms with Gasteiger partial charge in [0.1, 0.15) is 17.1 Å². The van der Waals surface area contributed by atoms with Crippen LogP contribution in [-0.2, 0) is 14.8 Å². The van der Waals surface area contributed by atoms with Crippen molar-refractivity contribution < 1.29 is 23.1 Å². The molecule has 2 aromatic carbocycles. The lowest BCUT2D eigenvalue weighted by atomic mass is 10.1. The second-order valence-electron chi connectivity index (χ2n) is 6.50. The van der Waals surface area contributed by atoms with Crippen LogP contribution in [0.3, 0.4) is 0 Å². The molecule has 31 heavy (non-hydrogen) atoms. The molecule has 1 heterocycles. The maximum Gasteiger partial charge on any atom is 0.341 e. The molecule has 0 aliphatic heterocycles. The Balaban J connectivity index is 1.83. The molecule has 1 aromatic heterocycles. The molecule has 0 aliphatic rings. The number of esters is 1. The van der Waals surface area contributed by atoms with Crippen molar-refractivity contribution >= 4 is 21.8 Å². The van der Waals surface area contributed by atoms with Crippen LogP contribution in [0.15, 0.2) is 65.7 Å². The number of aromatic nitrogens is 1. The maximum absolute atomic E-state index is 12.7. The van der Waals surface area contributed by atoms with Crippen molar-refractivity contribution in [2.24, 2.45) is 0 Å². The van der Waals surface area contributed by atoms with E-state index in [1.807, 2.05) is 0 Å². The number of anilines is 1. The Morgan fingerprint density at radius 3 is 2.52 bits per heavy atom. The van der Waals surface area contributed by atoms with E-state index in [4.69, 9.17) is 4.74 Å². The fraction of sp³-hybridized carbons (Fsp3) is 0.130. The molecule has 0 saturated heterocycles. The smallest absolute Gasteiger partial charge is 0.341 e. The van der Waals surface area contributed by atoms with E-state index < -0.39 is 16.0 Å². The predicted molar refractivity (Wildman–Crippen MR) is 116 cm³/mol. The van der Waals surface area contributed by atoms with Gasteiger partial charge in [0.15, 0.2) is 0 Å². The normalized spacial score (nSPS) is 10.6. The van der Waals surface area contributed by atoms with Crippen LogP contribution in [-0.4, -0.2) is 31.1 Å². The Labute approximate surface area is 180 Å². The number of aromatic hydroxyl groups is 1. The number of phenolic OH excluding ortho intramolecular Hbond substituents is 1. The number of nitrogens with zero attached hydrogens (tertiary/aromatic N) is 1. The Bertz CT molecular complexity index is 1290. The van der Waals surface area contributed by atoms with Gasteiger partial charge in [-0.15, -0.1) is 0 Å². The van der Waals surface area contributed by atoms with E-state index in [0.29, 0.717) is 16.7 Å². The van der Waals surface area contributed by atoms with Gasteiger partial charge in [0.2, 0.25) is 0 Å². The van der Waals surface area contributed by atoms with Crippen molar-refractivity contribution in [3.05, 3.63) is 83.0 Å². The minimum atomic E-state index is -3.84. The highest BCUT2D eigenvalue weighted by atomic mass is 32.2. The molecular weight excluding hydrogens is 416 g/mol. The largest absolute Gasteiger partial charge is 0.507 e. The Hall–Kier alpha value is -3.83. The lowest BCUT2D eigenvalue weighted by Gasteiger charge is -2.09. The number of aryl methyl sites for hydroxylation is 1. The molecule has 8 heteroatoms. The number of carbonyl (C=O) groups is 1. The highest BCUT2D eigenvalue weighted by molar-refractivity contribution is 7.92. The van der Waals surface area contributed by atoms with Crippen LogP contribution in [0.2, 0.25) is 0 Å².